The van der Waals surface area contributed by atoms with Gasteiger partial charge in [0.05, 0.1) is 0 Å². The van der Waals surface area contributed by atoms with Gasteiger partial charge in [0.2, 0.25) is 0 Å². The standard InChI is InChI=1S/C3H6Br2S/c4-1-3(6)2-5/h3,6H,1-2H2. The minimum Gasteiger partial charge on any atom is -0.174 e. The summed E-state index contributed by atoms with van der Waals surface area (Å²) in [6.07, 6.45) is 0. The molecular formula is C3H6Br2S. The van der Waals surface area contributed by atoms with Gasteiger partial charge in [0, 0.05) is 15.9 Å². The summed E-state index contributed by atoms with van der Waals surface area (Å²) < 4.78 is 0. The molecule has 0 bridgehead atoms. The van der Waals surface area contributed by atoms with Gasteiger partial charge in [0.25, 0.3) is 0 Å². The van der Waals surface area contributed by atoms with E-state index in [0.29, 0.717) is 5.25 Å². The van der Waals surface area contributed by atoms with Crippen molar-refractivity contribution in [3.05, 3.63) is 0 Å². The highest BCUT2D eigenvalue weighted by Gasteiger charge is 1.92. The van der Waals surface area contributed by atoms with Gasteiger partial charge in [-0.25, -0.2) is 0 Å². The fourth-order valence-corrected chi connectivity index (χ4v) is 1.11. The van der Waals surface area contributed by atoms with Crippen LogP contribution in [0.15, 0.2) is 0 Å². The van der Waals surface area contributed by atoms with Crippen LogP contribution >= 0.6 is 44.5 Å². The molecule has 3 heteroatoms. The number of thiol groups is 1. The molecule has 0 fully saturated rings. The van der Waals surface area contributed by atoms with Crippen LogP contribution in [0, 0.1) is 0 Å². The van der Waals surface area contributed by atoms with Gasteiger partial charge in [-0.15, -0.1) is 0 Å². The number of rotatable bonds is 2. The van der Waals surface area contributed by atoms with Crippen molar-refractivity contribution in [1.29, 1.82) is 0 Å². The van der Waals surface area contributed by atoms with Crippen LogP contribution < -0.4 is 0 Å². The second kappa shape index (κ2) is 4.47. The Bertz CT molecular complexity index is 28.0. The first-order valence-corrected chi connectivity index (χ1v) is 4.37. The van der Waals surface area contributed by atoms with E-state index in [-0.39, 0.29) is 0 Å². The summed E-state index contributed by atoms with van der Waals surface area (Å²) in [5, 5.41) is 2.38. The molecule has 0 aliphatic carbocycles. The molecule has 0 radical (unpaired) electrons. The zero-order valence-corrected chi connectivity index (χ0v) is 7.26. The predicted molar refractivity (Wildman–Crippen MR) is 40.4 cm³/mol. The maximum absolute atomic E-state index is 4.14. The van der Waals surface area contributed by atoms with Gasteiger partial charge < -0.3 is 0 Å². The Morgan fingerprint density at radius 1 is 1.33 bits per heavy atom. The van der Waals surface area contributed by atoms with Gasteiger partial charge in [0.1, 0.15) is 0 Å². The molecule has 0 unspecified atom stereocenters. The highest BCUT2D eigenvalue weighted by molar-refractivity contribution is 9.10. The largest absolute Gasteiger partial charge is 0.174 e. The number of hydrogen-bond acceptors (Lipinski definition) is 1. The van der Waals surface area contributed by atoms with Gasteiger partial charge in [0.15, 0.2) is 0 Å². The molecule has 0 heterocycles. The number of hydrogen-bond donors (Lipinski definition) is 1. The zero-order valence-electron chi connectivity index (χ0n) is 3.19. The Morgan fingerprint density at radius 3 is 1.67 bits per heavy atom. The maximum atomic E-state index is 4.14. The Kier molecular flexibility index (Phi) is 5.44. The molecule has 0 nitrogen and oxygen atoms in total. The molecule has 0 spiro atoms. The van der Waals surface area contributed by atoms with E-state index >= 15 is 0 Å². The fraction of sp³-hybridized carbons (Fsp3) is 1.00. The maximum Gasteiger partial charge on any atom is 0.0211 e. The van der Waals surface area contributed by atoms with E-state index in [1.165, 1.54) is 0 Å². The van der Waals surface area contributed by atoms with Gasteiger partial charge in [-0.3, -0.25) is 0 Å². The van der Waals surface area contributed by atoms with E-state index in [9.17, 15) is 0 Å². The van der Waals surface area contributed by atoms with Crippen LogP contribution in [0.2, 0.25) is 0 Å². The summed E-state index contributed by atoms with van der Waals surface area (Å²) in [6, 6.07) is 0. The molecule has 0 aromatic rings. The molecule has 0 aromatic carbocycles. The van der Waals surface area contributed by atoms with Gasteiger partial charge in [-0.1, -0.05) is 31.9 Å². The van der Waals surface area contributed by atoms with E-state index in [1.807, 2.05) is 0 Å². The minimum absolute atomic E-state index is 0.463. The molecule has 0 atom stereocenters. The second-order valence-corrected chi connectivity index (χ2v) is 2.99. The summed E-state index contributed by atoms with van der Waals surface area (Å²) >= 11 is 10.7. The van der Waals surface area contributed by atoms with E-state index in [0.717, 1.165) is 10.7 Å². The summed E-state index contributed by atoms with van der Waals surface area (Å²) in [6.45, 7) is 0. The minimum atomic E-state index is 0.463. The second-order valence-electron chi connectivity index (χ2n) is 0.962. The SMILES string of the molecule is SC(CBr)CBr. The van der Waals surface area contributed by atoms with Crippen LogP contribution in [0.3, 0.4) is 0 Å². The highest BCUT2D eigenvalue weighted by Crippen LogP contribution is 2.01. The lowest BCUT2D eigenvalue weighted by atomic mass is 10.6. The first-order valence-electron chi connectivity index (χ1n) is 1.61. The average Bonchev–Trinajstić information content (AvgIpc) is 1.65. The third-order valence-electron chi connectivity index (χ3n) is 0.356. The molecule has 0 aliphatic heterocycles. The third kappa shape index (κ3) is 3.50. The molecule has 0 saturated carbocycles. The molecule has 6 heavy (non-hydrogen) atoms. The van der Waals surface area contributed by atoms with Crippen molar-refractivity contribution < 1.29 is 0 Å². The summed E-state index contributed by atoms with van der Waals surface area (Å²) in [5.41, 5.74) is 0. The lowest BCUT2D eigenvalue weighted by molar-refractivity contribution is 1.19. The summed E-state index contributed by atoms with van der Waals surface area (Å²) in [4.78, 5) is 0. The molecular weight excluding hydrogens is 228 g/mol. The highest BCUT2D eigenvalue weighted by atomic mass is 79.9. The first-order chi connectivity index (χ1) is 2.81. The Labute approximate surface area is 60.4 Å². The van der Waals surface area contributed by atoms with Gasteiger partial charge in [-0.05, 0) is 0 Å². The zero-order chi connectivity index (χ0) is 4.99. The predicted octanol–water partition coefficient (Wildman–Crippen LogP) is 2.07. The van der Waals surface area contributed by atoms with Crippen LogP contribution in [0.4, 0.5) is 0 Å². The monoisotopic (exact) mass is 232 g/mol. The van der Waals surface area contributed by atoms with Crippen molar-refractivity contribution in [2.75, 3.05) is 10.7 Å². The van der Waals surface area contributed by atoms with Gasteiger partial charge >= 0.3 is 0 Å². The van der Waals surface area contributed by atoms with E-state index in [4.69, 9.17) is 0 Å². The molecule has 0 rings (SSSR count). The molecule has 38 valence electrons. The van der Waals surface area contributed by atoms with Crippen molar-refractivity contribution >= 4 is 44.5 Å². The Morgan fingerprint density at radius 2 is 1.67 bits per heavy atom. The van der Waals surface area contributed by atoms with Crippen LogP contribution in [-0.4, -0.2) is 15.9 Å². The summed E-state index contributed by atoms with van der Waals surface area (Å²) in [7, 11) is 0. The molecule has 0 saturated heterocycles. The topological polar surface area (TPSA) is 0 Å². The van der Waals surface area contributed by atoms with E-state index < -0.39 is 0 Å². The van der Waals surface area contributed by atoms with Crippen LogP contribution in [0.25, 0.3) is 0 Å². The van der Waals surface area contributed by atoms with Crippen LogP contribution in [0.5, 0.6) is 0 Å². The van der Waals surface area contributed by atoms with E-state index in [1.54, 1.807) is 0 Å². The summed E-state index contributed by atoms with van der Waals surface area (Å²) in [5.74, 6) is 0. The lowest BCUT2D eigenvalue weighted by Crippen LogP contribution is -1.98. The van der Waals surface area contributed by atoms with Crippen molar-refractivity contribution in [2.45, 2.75) is 5.25 Å². The number of alkyl halides is 2. The molecule has 0 aromatic heterocycles. The molecule has 0 N–H and O–H groups in total. The molecule has 0 aliphatic rings. The first kappa shape index (κ1) is 7.31. The Hall–Kier alpha value is 1.31. The van der Waals surface area contributed by atoms with Crippen molar-refractivity contribution in [2.24, 2.45) is 0 Å². The average molecular weight is 234 g/mol. The van der Waals surface area contributed by atoms with Crippen LogP contribution in [-0.2, 0) is 0 Å². The molecule has 0 amide bonds. The quantitative estimate of drug-likeness (QED) is 0.548. The van der Waals surface area contributed by atoms with Crippen LogP contribution in [0.1, 0.15) is 0 Å². The smallest absolute Gasteiger partial charge is 0.0211 e. The lowest BCUT2D eigenvalue weighted by Gasteiger charge is -1.95. The van der Waals surface area contributed by atoms with Crippen molar-refractivity contribution in [1.82, 2.24) is 0 Å². The van der Waals surface area contributed by atoms with Crippen molar-refractivity contribution in [3.8, 4) is 0 Å². The normalized spacial score (nSPS) is 10.0. The fourth-order valence-electron chi connectivity index (χ4n) is 0.0412. The number of halogens is 2. The van der Waals surface area contributed by atoms with Gasteiger partial charge in [-0.2, -0.15) is 12.6 Å². The third-order valence-corrected chi connectivity index (χ3v) is 3.29. The Balaban J connectivity index is 2.75. The van der Waals surface area contributed by atoms with Crippen molar-refractivity contribution in [3.63, 3.8) is 0 Å². The van der Waals surface area contributed by atoms with E-state index in [2.05, 4.69) is 44.5 Å².